The van der Waals surface area contributed by atoms with Crippen molar-refractivity contribution in [2.24, 2.45) is 0 Å². The van der Waals surface area contributed by atoms with Crippen LogP contribution in [0.15, 0.2) is 59.5 Å². The molecule has 138 valence electrons. The molecular weight excluding hydrogens is 352 g/mol. The molecule has 0 aromatic heterocycles. The van der Waals surface area contributed by atoms with Gasteiger partial charge in [0.15, 0.2) is 0 Å². The molecule has 0 radical (unpaired) electrons. The normalized spacial score (nSPS) is 20.2. The van der Waals surface area contributed by atoms with E-state index in [-0.39, 0.29) is 11.5 Å². The zero-order valence-corrected chi connectivity index (χ0v) is 15.3. The molecular formula is C19H22N2O4S. The SMILES string of the molecule is CN1[C@@H](C(=O)N[C@H](CO)Cc2ccccc2)Cc2ccccc2S1(=O)=O. The second-order valence-corrected chi connectivity index (χ2v) is 8.39. The van der Waals surface area contributed by atoms with E-state index in [1.807, 2.05) is 30.3 Å². The zero-order valence-electron chi connectivity index (χ0n) is 14.5. The number of fused-ring (bicyclic) bond motifs is 1. The summed E-state index contributed by atoms with van der Waals surface area (Å²) in [6.45, 7) is -0.222. The minimum atomic E-state index is -3.71. The number of amides is 1. The van der Waals surface area contributed by atoms with Crippen LogP contribution in [-0.2, 0) is 27.7 Å². The van der Waals surface area contributed by atoms with Crippen LogP contribution in [0.2, 0.25) is 0 Å². The highest BCUT2D eigenvalue weighted by Gasteiger charge is 2.39. The molecule has 1 heterocycles. The van der Waals surface area contributed by atoms with Crippen LogP contribution in [0.25, 0.3) is 0 Å². The second-order valence-electron chi connectivity index (χ2n) is 6.43. The lowest BCUT2D eigenvalue weighted by molar-refractivity contribution is -0.125. The average molecular weight is 374 g/mol. The number of nitrogens with zero attached hydrogens (tertiary/aromatic N) is 1. The maximum absolute atomic E-state index is 12.7. The van der Waals surface area contributed by atoms with Gasteiger partial charge in [-0.2, -0.15) is 4.31 Å². The van der Waals surface area contributed by atoms with Crippen molar-refractivity contribution in [3.8, 4) is 0 Å². The predicted octanol–water partition coefficient (Wildman–Crippen LogP) is 0.952. The monoisotopic (exact) mass is 374 g/mol. The van der Waals surface area contributed by atoms with E-state index in [1.54, 1.807) is 24.3 Å². The molecule has 1 amide bonds. The third-order valence-corrected chi connectivity index (χ3v) is 6.64. The summed E-state index contributed by atoms with van der Waals surface area (Å²) in [7, 11) is -2.29. The van der Waals surface area contributed by atoms with Crippen molar-refractivity contribution in [1.82, 2.24) is 9.62 Å². The van der Waals surface area contributed by atoms with Crippen LogP contribution in [0.5, 0.6) is 0 Å². The number of benzene rings is 2. The van der Waals surface area contributed by atoms with Gasteiger partial charge in [-0.05, 0) is 30.0 Å². The summed E-state index contributed by atoms with van der Waals surface area (Å²) in [5.74, 6) is -0.402. The summed E-state index contributed by atoms with van der Waals surface area (Å²) in [4.78, 5) is 13.0. The molecule has 1 aliphatic heterocycles. The van der Waals surface area contributed by atoms with Crippen LogP contribution in [-0.4, -0.2) is 49.5 Å². The number of hydrogen-bond acceptors (Lipinski definition) is 4. The topological polar surface area (TPSA) is 86.7 Å². The molecule has 6 nitrogen and oxygen atoms in total. The summed E-state index contributed by atoms with van der Waals surface area (Å²) >= 11 is 0. The standard InChI is InChI=1S/C19H22N2O4S/c1-21-17(12-15-9-5-6-10-18(15)26(21,24)25)19(23)20-16(13-22)11-14-7-3-2-4-8-14/h2-10,16-17,22H,11-13H2,1H3,(H,20,23)/t16-,17+/m0/s1. The first-order chi connectivity index (χ1) is 12.4. The van der Waals surface area contributed by atoms with Crippen LogP contribution < -0.4 is 5.32 Å². The van der Waals surface area contributed by atoms with E-state index < -0.39 is 28.0 Å². The number of carbonyl (C=O) groups excluding carboxylic acids is 1. The Kier molecular flexibility index (Phi) is 5.41. The largest absolute Gasteiger partial charge is 0.394 e. The first-order valence-electron chi connectivity index (χ1n) is 8.44. The second kappa shape index (κ2) is 7.57. The van der Waals surface area contributed by atoms with E-state index in [0.717, 1.165) is 9.87 Å². The highest BCUT2D eigenvalue weighted by molar-refractivity contribution is 7.89. The molecule has 0 unspecified atom stereocenters. The lowest BCUT2D eigenvalue weighted by Crippen LogP contribution is -2.54. The van der Waals surface area contributed by atoms with Gasteiger partial charge in [-0.1, -0.05) is 48.5 Å². The third-order valence-electron chi connectivity index (χ3n) is 4.68. The molecule has 0 saturated heterocycles. The lowest BCUT2D eigenvalue weighted by Gasteiger charge is -2.33. The van der Waals surface area contributed by atoms with Gasteiger partial charge in [-0.3, -0.25) is 4.79 Å². The molecule has 7 heteroatoms. The molecule has 2 atom stereocenters. The van der Waals surface area contributed by atoms with E-state index in [1.165, 1.54) is 7.05 Å². The van der Waals surface area contributed by atoms with Crippen LogP contribution in [0, 0.1) is 0 Å². The average Bonchev–Trinajstić information content (AvgIpc) is 2.65. The fourth-order valence-corrected chi connectivity index (χ4v) is 4.75. The Labute approximate surface area is 153 Å². The Bertz CT molecular complexity index is 883. The van der Waals surface area contributed by atoms with Crippen LogP contribution in [0.1, 0.15) is 11.1 Å². The van der Waals surface area contributed by atoms with E-state index in [4.69, 9.17) is 0 Å². The van der Waals surface area contributed by atoms with Crippen molar-refractivity contribution in [2.45, 2.75) is 29.8 Å². The molecule has 3 rings (SSSR count). The molecule has 0 aliphatic carbocycles. The lowest BCUT2D eigenvalue weighted by atomic mass is 10.0. The van der Waals surface area contributed by atoms with Crippen LogP contribution >= 0.6 is 0 Å². The third kappa shape index (κ3) is 3.65. The van der Waals surface area contributed by atoms with E-state index in [9.17, 15) is 18.3 Å². The van der Waals surface area contributed by atoms with Crippen molar-refractivity contribution in [1.29, 1.82) is 0 Å². The number of carbonyl (C=O) groups is 1. The summed E-state index contributed by atoms with van der Waals surface area (Å²) in [6, 6.07) is 14.9. The smallest absolute Gasteiger partial charge is 0.243 e. The highest BCUT2D eigenvalue weighted by atomic mass is 32.2. The molecule has 0 spiro atoms. The van der Waals surface area contributed by atoms with Gasteiger partial charge < -0.3 is 10.4 Å². The van der Waals surface area contributed by atoms with Gasteiger partial charge in [0.05, 0.1) is 17.5 Å². The van der Waals surface area contributed by atoms with Gasteiger partial charge in [0.25, 0.3) is 0 Å². The van der Waals surface area contributed by atoms with Crippen molar-refractivity contribution in [3.05, 3.63) is 65.7 Å². The van der Waals surface area contributed by atoms with Crippen LogP contribution in [0.3, 0.4) is 0 Å². The molecule has 2 aromatic carbocycles. The number of nitrogens with one attached hydrogen (secondary N) is 1. The Morgan fingerprint density at radius 3 is 2.54 bits per heavy atom. The predicted molar refractivity (Wildman–Crippen MR) is 98.0 cm³/mol. The summed E-state index contributed by atoms with van der Waals surface area (Å²) in [6.07, 6.45) is 0.782. The first-order valence-corrected chi connectivity index (χ1v) is 9.88. The maximum atomic E-state index is 12.7. The van der Waals surface area contributed by atoms with Gasteiger partial charge in [0, 0.05) is 7.05 Å². The fourth-order valence-electron chi connectivity index (χ4n) is 3.20. The van der Waals surface area contributed by atoms with Gasteiger partial charge in [-0.15, -0.1) is 0 Å². The molecule has 0 fully saturated rings. The quantitative estimate of drug-likeness (QED) is 0.816. The molecule has 1 aliphatic rings. The fraction of sp³-hybridized carbons (Fsp3) is 0.316. The van der Waals surface area contributed by atoms with Gasteiger partial charge in [0.2, 0.25) is 15.9 Å². The Morgan fingerprint density at radius 1 is 1.19 bits per heavy atom. The summed E-state index contributed by atoms with van der Waals surface area (Å²) < 4.78 is 26.4. The minimum absolute atomic E-state index is 0.222. The highest BCUT2D eigenvalue weighted by Crippen LogP contribution is 2.28. The van der Waals surface area contributed by atoms with E-state index in [2.05, 4.69) is 5.32 Å². The number of aliphatic hydroxyl groups is 1. The number of rotatable bonds is 5. The molecule has 26 heavy (non-hydrogen) atoms. The van der Waals surface area contributed by atoms with Crippen molar-refractivity contribution < 1.29 is 18.3 Å². The first kappa shape index (κ1) is 18.6. The van der Waals surface area contributed by atoms with Crippen molar-refractivity contribution in [2.75, 3.05) is 13.7 Å². The Hall–Kier alpha value is -2.22. The number of sulfonamides is 1. The summed E-state index contributed by atoms with van der Waals surface area (Å²) in [5, 5.41) is 12.4. The Morgan fingerprint density at radius 2 is 1.85 bits per heavy atom. The molecule has 2 N–H and O–H groups in total. The number of aliphatic hydroxyl groups excluding tert-OH is 1. The van der Waals surface area contributed by atoms with Crippen molar-refractivity contribution >= 4 is 15.9 Å². The van der Waals surface area contributed by atoms with Gasteiger partial charge in [0.1, 0.15) is 6.04 Å². The van der Waals surface area contributed by atoms with Crippen LogP contribution in [0.4, 0.5) is 0 Å². The molecule has 0 saturated carbocycles. The Balaban J connectivity index is 1.77. The van der Waals surface area contributed by atoms with E-state index in [0.29, 0.717) is 18.4 Å². The zero-order chi connectivity index (χ0) is 18.7. The number of likely N-dealkylation sites (N-methyl/N-ethyl adjacent to an activating group) is 1. The summed E-state index contributed by atoms with van der Waals surface area (Å²) in [5.41, 5.74) is 1.62. The van der Waals surface area contributed by atoms with Crippen molar-refractivity contribution in [3.63, 3.8) is 0 Å². The van der Waals surface area contributed by atoms with Gasteiger partial charge >= 0.3 is 0 Å². The molecule has 0 bridgehead atoms. The van der Waals surface area contributed by atoms with E-state index >= 15 is 0 Å². The number of hydrogen-bond donors (Lipinski definition) is 2. The maximum Gasteiger partial charge on any atom is 0.243 e. The minimum Gasteiger partial charge on any atom is -0.394 e. The van der Waals surface area contributed by atoms with Gasteiger partial charge in [-0.25, -0.2) is 8.42 Å². The molecule has 2 aromatic rings.